The molecule has 7 aromatic carbocycles. The van der Waals surface area contributed by atoms with Crippen LogP contribution in [0.15, 0.2) is 161 Å². The zero-order chi connectivity index (χ0) is 31.1. The molecule has 10 aromatic rings. The van der Waals surface area contributed by atoms with Gasteiger partial charge in [-0.25, -0.2) is 4.79 Å². The fraction of sp³-hybridized carbons (Fsp3) is 0. The summed E-state index contributed by atoms with van der Waals surface area (Å²) in [6, 6.07) is 53.0. The molecule has 0 aliphatic heterocycles. The smallest absolute Gasteiger partial charge is 0.344 e. The Bertz CT molecular complexity index is 2930. The third-order valence-electron chi connectivity index (χ3n) is 9.45. The van der Waals surface area contributed by atoms with Crippen LogP contribution in [-0.2, 0) is 0 Å². The van der Waals surface area contributed by atoms with Gasteiger partial charge in [0, 0.05) is 47.4 Å². The van der Waals surface area contributed by atoms with Gasteiger partial charge < -0.3 is 8.98 Å². The van der Waals surface area contributed by atoms with Crippen LogP contribution in [0.4, 0.5) is 0 Å². The molecular formula is C43H25NO2S. The Morgan fingerprint density at radius 1 is 0.468 bits per heavy atom. The minimum atomic E-state index is -0.325. The Balaban J connectivity index is 1.17. The molecule has 0 radical (unpaired) electrons. The molecule has 47 heavy (non-hydrogen) atoms. The highest BCUT2D eigenvalue weighted by molar-refractivity contribution is 7.25. The van der Waals surface area contributed by atoms with E-state index in [0.29, 0.717) is 11.0 Å². The highest BCUT2D eigenvalue weighted by atomic mass is 32.1. The van der Waals surface area contributed by atoms with Crippen LogP contribution in [0.5, 0.6) is 0 Å². The van der Waals surface area contributed by atoms with Crippen molar-refractivity contribution in [2.24, 2.45) is 0 Å². The van der Waals surface area contributed by atoms with Gasteiger partial charge in [-0.3, -0.25) is 0 Å². The summed E-state index contributed by atoms with van der Waals surface area (Å²) in [5, 5.41) is 7.29. The van der Waals surface area contributed by atoms with Crippen LogP contribution in [-0.4, -0.2) is 4.57 Å². The van der Waals surface area contributed by atoms with E-state index in [9.17, 15) is 4.79 Å². The zero-order valence-corrected chi connectivity index (χ0v) is 25.9. The number of rotatable bonds is 3. The molecule has 0 fully saturated rings. The van der Waals surface area contributed by atoms with Gasteiger partial charge in [-0.2, -0.15) is 0 Å². The van der Waals surface area contributed by atoms with Gasteiger partial charge in [-0.15, -0.1) is 11.3 Å². The number of thiophene rings is 1. The number of para-hydroxylation sites is 2. The molecule has 0 amide bonds. The van der Waals surface area contributed by atoms with Crippen molar-refractivity contribution in [2.45, 2.75) is 0 Å². The summed E-state index contributed by atoms with van der Waals surface area (Å²) in [5.74, 6) is 0. The highest BCUT2D eigenvalue weighted by Gasteiger charge is 2.17. The molecule has 0 unspecified atom stereocenters. The van der Waals surface area contributed by atoms with Crippen LogP contribution in [0.1, 0.15) is 0 Å². The summed E-state index contributed by atoms with van der Waals surface area (Å²) < 4.78 is 10.8. The van der Waals surface area contributed by atoms with Crippen molar-refractivity contribution in [2.75, 3.05) is 0 Å². The Morgan fingerprint density at radius 2 is 1.15 bits per heavy atom. The van der Waals surface area contributed by atoms with E-state index in [2.05, 4.69) is 132 Å². The number of nitrogens with zero attached hydrogens (tertiary/aromatic N) is 1. The summed E-state index contributed by atoms with van der Waals surface area (Å²) in [6.07, 6.45) is 0. The van der Waals surface area contributed by atoms with Gasteiger partial charge in [0.15, 0.2) is 0 Å². The van der Waals surface area contributed by atoms with Crippen molar-refractivity contribution in [3.63, 3.8) is 0 Å². The molecule has 0 aliphatic carbocycles. The summed E-state index contributed by atoms with van der Waals surface area (Å²) in [7, 11) is 0. The lowest BCUT2D eigenvalue weighted by Gasteiger charge is -2.10. The van der Waals surface area contributed by atoms with Gasteiger partial charge in [0.1, 0.15) is 5.58 Å². The predicted octanol–water partition coefficient (Wildman–Crippen LogP) is 11.7. The summed E-state index contributed by atoms with van der Waals surface area (Å²) in [5.41, 5.74) is 8.00. The molecule has 0 aliphatic rings. The Labute approximate surface area is 273 Å². The maximum Gasteiger partial charge on any atom is 0.344 e. The monoisotopic (exact) mass is 619 g/mol. The van der Waals surface area contributed by atoms with Crippen LogP contribution in [0.3, 0.4) is 0 Å². The van der Waals surface area contributed by atoms with Crippen LogP contribution in [0, 0.1) is 0 Å². The lowest BCUT2D eigenvalue weighted by atomic mass is 9.95. The van der Waals surface area contributed by atoms with Crippen molar-refractivity contribution in [1.29, 1.82) is 0 Å². The van der Waals surface area contributed by atoms with Crippen LogP contribution >= 0.6 is 11.3 Å². The van der Waals surface area contributed by atoms with Crippen molar-refractivity contribution in [3.05, 3.63) is 162 Å². The zero-order valence-electron chi connectivity index (χ0n) is 25.1. The first-order valence-corrected chi connectivity index (χ1v) is 16.5. The van der Waals surface area contributed by atoms with Gasteiger partial charge in [0.25, 0.3) is 0 Å². The predicted molar refractivity (Wildman–Crippen MR) is 198 cm³/mol. The van der Waals surface area contributed by atoms with E-state index in [0.717, 1.165) is 49.7 Å². The van der Waals surface area contributed by atoms with Crippen LogP contribution in [0.2, 0.25) is 0 Å². The third-order valence-corrected chi connectivity index (χ3v) is 10.6. The standard InChI is InChI=1S/C43H25NO2S/c45-43-33-21-18-28(30-13-8-15-38-42(30)34-12-4-6-14-37(34)44(38)29-9-2-1-3-10-29)24-35(33)31-20-17-27(25-39(31)46-43)26-19-22-41-36(23-26)32-11-5-7-16-40(32)47-41/h1-25H. The molecule has 0 bridgehead atoms. The summed E-state index contributed by atoms with van der Waals surface area (Å²) in [4.78, 5) is 13.4. The van der Waals surface area contributed by atoms with E-state index in [1.54, 1.807) is 0 Å². The van der Waals surface area contributed by atoms with Crippen LogP contribution < -0.4 is 5.63 Å². The molecule has 0 atom stereocenters. The minimum absolute atomic E-state index is 0.325. The van der Waals surface area contributed by atoms with Gasteiger partial charge in [-0.05, 0) is 89.0 Å². The molecular weight excluding hydrogens is 595 g/mol. The van der Waals surface area contributed by atoms with Crippen molar-refractivity contribution < 1.29 is 4.42 Å². The Kier molecular flexibility index (Phi) is 5.60. The second-order valence-corrected chi connectivity index (χ2v) is 13.1. The summed E-state index contributed by atoms with van der Waals surface area (Å²) in [6.45, 7) is 0. The first kappa shape index (κ1) is 26.3. The maximum absolute atomic E-state index is 13.4. The van der Waals surface area contributed by atoms with Gasteiger partial charge >= 0.3 is 5.63 Å². The lowest BCUT2D eigenvalue weighted by molar-refractivity contribution is 0.570. The molecule has 3 nitrogen and oxygen atoms in total. The maximum atomic E-state index is 13.4. The molecule has 0 spiro atoms. The van der Waals surface area contributed by atoms with E-state index < -0.39 is 0 Å². The van der Waals surface area contributed by atoms with E-state index in [4.69, 9.17) is 4.42 Å². The van der Waals surface area contributed by atoms with Crippen molar-refractivity contribution in [1.82, 2.24) is 4.57 Å². The van der Waals surface area contributed by atoms with Gasteiger partial charge in [0.2, 0.25) is 0 Å². The van der Waals surface area contributed by atoms with Crippen molar-refractivity contribution in [3.8, 4) is 27.9 Å². The molecule has 3 heterocycles. The fourth-order valence-corrected chi connectivity index (χ4v) is 8.38. The van der Waals surface area contributed by atoms with Gasteiger partial charge in [-0.1, -0.05) is 84.9 Å². The number of fused-ring (bicyclic) bond motifs is 9. The largest absolute Gasteiger partial charge is 0.422 e. The average Bonchev–Trinajstić information content (AvgIpc) is 3.67. The first-order chi connectivity index (χ1) is 23.2. The summed E-state index contributed by atoms with van der Waals surface area (Å²) >= 11 is 1.81. The van der Waals surface area contributed by atoms with E-state index in [1.165, 1.54) is 30.9 Å². The first-order valence-electron chi connectivity index (χ1n) is 15.7. The number of hydrogen-bond acceptors (Lipinski definition) is 3. The third kappa shape index (κ3) is 3.95. The molecule has 4 heteroatoms. The molecule has 10 rings (SSSR count). The van der Waals surface area contributed by atoms with Gasteiger partial charge in [0.05, 0.1) is 16.4 Å². The molecule has 0 saturated carbocycles. The average molecular weight is 620 g/mol. The normalized spacial score (nSPS) is 11.9. The second-order valence-electron chi connectivity index (χ2n) is 12.1. The van der Waals surface area contributed by atoms with E-state index >= 15 is 0 Å². The van der Waals surface area contributed by atoms with E-state index in [-0.39, 0.29) is 5.63 Å². The second kappa shape index (κ2) is 10.0. The molecule has 3 aromatic heterocycles. The van der Waals surface area contributed by atoms with Crippen LogP contribution in [0.25, 0.3) is 91.7 Å². The molecule has 220 valence electrons. The lowest BCUT2D eigenvalue weighted by Crippen LogP contribution is -2.00. The fourth-order valence-electron chi connectivity index (χ4n) is 7.30. The number of aromatic nitrogens is 1. The van der Waals surface area contributed by atoms with E-state index in [1.807, 2.05) is 35.6 Å². The minimum Gasteiger partial charge on any atom is -0.422 e. The van der Waals surface area contributed by atoms with Crippen molar-refractivity contribution >= 4 is 75.1 Å². The Morgan fingerprint density at radius 3 is 2.06 bits per heavy atom. The number of benzene rings is 7. The molecule has 0 N–H and O–H groups in total. The SMILES string of the molecule is O=c1oc2cc(-c3ccc4sc5ccccc5c4c3)ccc2c2cc(-c3cccc4c3c3ccccc3n4-c3ccccc3)ccc12. The highest BCUT2D eigenvalue weighted by Crippen LogP contribution is 2.40. The Hall–Kier alpha value is -5.97. The molecule has 0 saturated heterocycles. The quantitative estimate of drug-likeness (QED) is 0.146. The number of hydrogen-bond donors (Lipinski definition) is 0. The topological polar surface area (TPSA) is 35.1 Å².